The van der Waals surface area contributed by atoms with E-state index in [2.05, 4.69) is 10.2 Å². The van der Waals surface area contributed by atoms with Crippen molar-refractivity contribution >= 4 is 40.7 Å². The summed E-state index contributed by atoms with van der Waals surface area (Å²) in [6, 6.07) is 7.43. The van der Waals surface area contributed by atoms with Gasteiger partial charge in [-0.15, -0.1) is 33.4 Å². The van der Waals surface area contributed by atoms with Crippen molar-refractivity contribution in [3.05, 3.63) is 35.2 Å². The fourth-order valence-electron chi connectivity index (χ4n) is 2.91. The summed E-state index contributed by atoms with van der Waals surface area (Å²) in [6.45, 7) is 2.05. The molecule has 8 heteroatoms. The highest BCUT2D eigenvalue weighted by atomic mass is 35.5. The number of rotatable bonds is 5. The number of aromatic nitrogens is 2. The van der Waals surface area contributed by atoms with Gasteiger partial charge in [-0.05, 0) is 38.3 Å². The SMILES string of the molecule is C[C@]1(C(=O)N(Cc2nnc(-c3ccccc3Cl)o2)C2CC2)CC1(Cl)Cl. The highest BCUT2D eigenvalue weighted by Crippen LogP contribution is 2.65. The van der Waals surface area contributed by atoms with Gasteiger partial charge in [-0.1, -0.05) is 23.7 Å². The van der Waals surface area contributed by atoms with E-state index in [0.29, 0.717) is 28.8 Å². The van der Waals surface area contributed by atoms with Crippen LogP contribution in [0.3, 0.4) is 0 Å². The summed E-state index contributed by atoms with van der Waals surface area (Å²) in [6.07, 6.45) is 2.38. The number of carbonyl (C=O) groups is 1. The normalized spacial score (nSPS) is 24.2. The van der Waals surface area contributed by atoms with Crippen LogP contribution in [-0.4, -0.2) is 31.4 Å². The van der Waals surface area contributed by atoms with Gasteiger partial charge < -0.3 is 9.32 Å². The Labute approximate surface area is 160 Å². The molecule has 2 aliphatic carbocycles. The molecular weight excluding hydrogens is 385 g/mol. The van der Waals surface area contributed by atoms with Crippen molar-refractivity contribution in [3.63, 3.8) is 0 Å². The van der Waals surface area contributed by atoms with Crippen LogP contribution in [0.15, 0.2) is 28.7 Å². The van der Waals surface area contributed by atoms with Crippen LogP contribution in [-0.2, 0) is 11.3 Å². The third kappa shape index (κ3) is 3.03. The van der Waals surface area contributed by atoms with E-state index in [1.165, 1.54) is 0 Å². The Bertz CT molecular complexity index is 834. The van der Waals surface area contributed by atoms with Crippen molar-refractivity contribution < 1.29 is 9.21 Å². The van der Waals surface area contributed by atoms with Gasteiger partial charge in [0.15, 0.2) is 0 Å². The molecule has 1 aromatic carbocycles. The predicted molar refractivity (Wildman–Crippen MR) is 95.5 cm³/mol. The van der Waals surface area contributed by atoms with Crippen molar-refractivity contribution in [2.75, 3.05) is 0 Å². The molecule has 2 aromatic rings. The minimum Gasteiger partial charge on any atom is -0.419 e. The molecular formula is C17H16Cl3N3O2. The van der Waals surface area contributed by atoms with E-state index in [4.69, 9.17) is 39.2 Å². The molecule has 2 fully saturated rings. The molecule has 4 rings (SSSR count). The molecule has 5 nitrogen and oxygen atoms in total. The summed E-state index contributed by atoms with van der Waals surface area (Å²) >= 11 is 18.5. The Kier molecular flexibility index (Phi) is 4.02. The van der Waals surface area contributed by atoms with E-state index >= 15 is 0 Å². The molecule has 0 N–H and O–H groups in total. The van der Waals surface area contributed by atoms with E-state index in [0.717, 1.165) is 12.8 Å². The molecule has 2 aliphatic rings. The third-order valence-corrected chi connectivity index (χ3v) is 6.29. The predicted octanol–water partition coefficient (Wildman–Crippen LogP) is 4.46. The van der Waals surface area contributed by atoms with Gasteiger partial charge in [-0.25, -0.2) is 0 Å². The van der Waals surface area contributed by atoms with Crippen molar-refractivity contribution in [1.82, 2.24) is 15.1 Å². The van der Waals surface area contributed by atoms with Gasteiger partial charge >= 0.3 is 0 Å². The molecule has 1 aromatic heterocycles. The Morgan fingerprint density at radius 2 is 2.00 bits per heavy atom. The molecule has 25 heavy (non-hydrogen) atoms. The van der Waals surface area contributed by atoms with Crippen molar-refractivity contribution in [2.45, 2.75) is 43.1 Å². The van der Waals surface area contributed by atoms with E-state index in [1.54, 1.807) is 17.9 Å². The molecule has 1 amide bonds. The molecule has 1 atom stereocenters. The third-order valence-electron chi connectivity index (χ3n) is 4.86. The summed E-state index contributed by atoms with van der Waals surface area (Å²) < 4.78 is 4.74. The Balaban J connectivity index is 1.55. The largest absolute Gasteiger partial charge is 0.419 e. The summed E-state index contributed by atoms with van der Waals surface area (Å²) in [5.41, 5.74) is -0.0773. The first-order valence-corrected chi connectivity index (χ1v) is 9.21. The average Bonchev–Trinajstić information content (AvgIpc) is 3.43. The average molecular weight is 401 g/mol. The highest BCUT2D eigenvalue weighted by Gasteiger charge is 2.69. The number of alkyl halides is 2. The monoisotopic (exact) mass is 399 g/mol. The van der Waals surface area contributed by atoms with Gasteiger partial charge in [-0.2, -0.15) is 0 Å². The lowest BCUT2D eigenvalue weighted by Crippen LogP contribution is -2.39. The van der Waals surface area contributed by atoms with Gasteiger partial charge in [0.05, 0.1) is 22.5 Å². The molecule has 0 radical (unpaired) electrons. The lowest BCUT2D eigenvalue weighted by atomic mass is 10.1. The van der Waals surface area contributed by atoms with Crippen LogP contribution < -0.4 is 0 Å². The first-order valence-electron chi connectivity index (χ1n) is 8.08. The fourth-order valence-corrected chi connectivity index (χ4v) is 3.82. The first-order chi connectivity index (χ1) is 11.8. The number of nitrogens with zero attached hydrogens (tertiary/aromatic N) is 3. The van der Waals surface area contributed by atoms with Crippen molar-refractivity contribution in [2.24, 2.45) is 5.41 Å². The number of halogens is 3. The van der Waals surface area contributed by atoms with E-state index in [9.17, 15) is 4.79 Å². The van der Waals surface area contributed by atoms with Gasteiger partial charge in [-0.3, -0.25) is 4.79 Å². The van der Waals surface area contributed by atoms with Gasteiger partial charge in [0.2, 0.25) is 17.7 Å². The lowest BCUT2D eigenvalue weighted by Gasteiger charge is -2.25. The van der Waals surface area contributed by atoms with Crippen molar-refractivity contribution in [1.29, 1.82) is 0 Å². The maximum Gasteiger partial charge on any atom is 0.249 e. The van der Waals surface area contributed by atoms with Gasteiger partial charge in [0.25, 0.3) is 0 Å². The molecule has 0 unspecified atom stereocenters. The summed E-state index contributed by atoms with van der Waals surface area (Å²) in [4.78, 5) is 14.7. The van der Waals surface area contributed by atoms with Crippen LogP contribution in [0.4, 0.5) is 0 Å². The minimum absolute atomic E-state index is 0.0579. The van der Waals surface area contributed by atoms with Gasteiger partial charge in [0, 0.05) is 6.04 Å². The summed E-state index contributed by atoms with van der Waals surface area (Å²) in [7, 11) is 0. The second kappa shape index (κ2) is 5.86. The molecule has 2 saturated carbocycles. The molecule has 0 spiro atoms. The van der Waals surface area contributed by atoms with Crippen molar-refractivity contribution in [3.8, 4) is 11.5 Å². The summed E-state index contributed by atoms with van der Waals surface area (Å²) in [5, 5.41) is 8.66. The van der Waals surface area contributed by atoms with Gasteiger partial charge in [0.1, 0.15) is 4.33 Å². The van der Waals surface area contributed by atoms with Crippen LogP contribution in [0.2, 0.25) is 5.02 Å². The maximum absolute atomic E-state index is 12.9. The van der Waals surface area contributed by atoms with E-state index in [1.807, 2.05) is 18.2 Å². The quantitative estimate of drug-likeness (QED) is 0.695. The maximum atomic E-state index is 12.9. The first kappa shape index (κ1) is 17.1. The minimum atomic E-state index is -0.991. The summed E-state index contributed by atoms with van der Waals surface area (Å²) in [5.74, 6) is 0.650. The van der Waals surface area contributed by atoms with Crippen LogP contribution >= 0.6 is 34.8 Å². The molecule has 0 saturated heterocycles. The number of benzene rings is 1. The molecule has 0 bridgehead atoms. The van der Waals surface area contributed by atoms with Crippen LogP contribution in [0.25, 0.3) is 11.5 Å². The smallest absolute Gasteiger partial charge is 0.249 e. The van der Waals surface area contributed by atoms with E-state index < -0.39 is 9.75 Å². The van der Waals surface area contributed by atoms with Crippen LogP contribution in [0.5, 0.6) is 0 Å². The Hall–Kier alpha value is -1.30. The molecule has 132 valence electrons. The number of hydrogen-bond acceptors (Lipinski definition) is 4. The zero-order valence-corrected chi connectivity index (χ0v) is 15.8. The van der Waals surface area contributed by atoms with E-state index in [-0.39, 0.29) is 18.5 Å². The second-order valence-corrected chi connectivity index (χ2v) is 8.75. The standard InChI is InChI=1S/C17H16Cl3N3O2/c1-16(9-17(16,19)20)15(24)23(10-6-7-10)8-13-21-22-14(25-13)11-4-2-3-5-12(11)18/h2-5,10H,6-9H2,1H3/t16-/m1/s1. The topological polar surface area (TPSA) is 59.2 Å². The Morgan fingerprint density at radius 1 is 1.32 bits per heavy atom. The Morgan fingerprint density at radius 3 is 2.60 bits per heavy atom. The second-order valence-electron chi connectivity index (χ2n) is 6.86. The fraction of sp³-hybridized carbons (Fsp3) is 0.471. The number of hydrogen-bond donors (Lipinski definition) is 0. The molecule has 0 aliphatic heterocycles. The highest BCUT2D eigenvalue weighted by molar-refractivity contribution is 6.53. The molecule has 1 heterocycles. The number of carbonyl (C=O) groups excluding carboxylic acids is 1. The zero-order chi connectivity index (χ0) is 17.8. The lowest BCUT2D eigenvalue weighted by molar-refractivity contribution is -0.138. The zero-order valence-electron chi connectivity index (χ0n) is 13.5. The van der Waals surface area contributed by atoms with Crippen LogP contribution in [0, 0.1) is 5.41 Å². The van der Waals surface area contributed by atoms with Crippen LogP contribution in [0.1, 0.15) is 32.1 Å². The number of amides is 1.